The second kappa shape index (κ2) is 6.73. The molecule has 0 spiro atoms. The predicted octanol–water partition coefficient (Wildman–Crippen LogP) is 3.18. The molecule has 1 N–H and O–H groups in total. The Labute approximate surface area is 144 Å². The van der Waals surface area contributed by atoms with E-state index in [0.29, 0.717) is 29.0 Å². The summed E-state index contributed by atoms with van der Waals surface area (Å²) in [5.41, 5.74) is 2.47. The summed E-state index contributed by atoms with van der Waals surface area (Å²) in [6.45, 7) is 4.00. The maximum absolute atomic E-state index is 12.0. The lowest BCUT2D eigenvalue weighted by atomic mass is 9.97. The van der Waals surface area contributed by atoms with Crippen molar-refractivity contribution in [1.82, 2.24) is 0 Å². The molecular weight excluding hydrogens is 318 g/mol. The predicted molar refractivity (Wildman–Crippen MR) is 97.2 cm³/mol. The molecule has 0 saturated carbocycles. The Kier molecular flexibility index (Phi) is 4.48. The fraction of sp³-hybridized carbons (Fsp3) is 0.150. The first-order valence-electron chi connectivity index (χ1n) is 7.96. The average molecular weight is 335 g/mol. The molecule has 0 amide bonds. The summed E-state index contributed by atoms with van der Waals surface area (Å²) in [4.78, 5) is 35.5. The number of carbonyl (C=O) groups is 1. The van der Waals surface area contributed by atoms with E-state index < -0.39 is 16.8 Å². The maximum Gasteiger partial charge on any atom is 0.338 e. The Morgan fingerprint density at radius 1 is 0.960 bits per heavy atom. The molecule has 3 rings (SSSR count). The van der Waals surface area contributed by atoms with Crippen LogP contribution in [0.4, 0.5) is 11.4 Å². The lowest BCUT2D eigenvalue weighted by Gasteiger charge is -2.14. The quantitative estimate of drug-likeness (QED) is 0.573. The van der Waals surface area contributed by atoms with Crippen molar-refractivity contribution in [3.05, 3.63) is 80.1 Å². The summed E-state index contributed by atoms with van der Waals surface area (Å²) >= 11 is 0. The number of nitrogens with one attached hydrogen (secondary N) is 1. The Hall–Kier alpha value is -3.21. The summed E-state index contributed by atoms with van der Waals surface area (Å²) in [5.74, 6) is -0.400. The third-order valence-corrected chi connectivity index (χ3v) is 3.92. The fourth-order valence-electron chi connectivity index (χ4n) is 2.55. The maximum atomic E-state index is 12.0. The Morgan fingerprint density at radius 2 is 1.60 bits per heavy atom. The van der Waals surface area contributed by atoms with Crippen LogP contribution < -0.4 is 16.2 Å². The molecular formula is C20H17NO4. The summed E-state index contributed by atoms with van der Waals surface area (Å²) in [5, 5.41) is 2.98. The Bertz CT molecular complexity index is 978. The topological polar surface area (TPSA) is 72.5 Å². The zero-order valence-corrected chi connectivity index (χ0v) is 14.0. The zero-order valence-electron chi connectivity index (χ0n) is 14.0. The van der Waals surface area contributed by atoms with E-state index in [9.17, 15) is 14.4 Å². The lowest BCUT2D eigenvalue weighted by molar-refractivity contribution is 0.0526. The van der Waals surface area contributed by atoms with Gasteiger partial charge in [0.15, 0.2) is 0 Å². The summed E-state index contributed by atoms with van der Waals surface area (Å²) in [7, 11) is 0. The molecule has 0 aromatic heterocycles. The highest BCUT2D eigenvalue weighted by molar-refractivity contribution is 5.90. The summed E-state index contributed by atoms with van der Waals surface area (Å²) < 4.78 is 4.93. The van der Waals surface area contributed by atoms with Crippen LogP contribution in [0.25, 0.3) is 11.1 Å². The monoisotopic (exact) mass is 335 g/mol. The highest BCUT2D eigenvalue weighted by Crippen LogP contribution is 2.26. The van der Waals surface area contributed by atoms with Gasteiger partial charge in [-0.3, -0.25) is 9.59 Å². The molecule has 5 nitrogen and oxygen atoms in total. The van der Waals surface area contributed by atoms with Crippen LogP contribution in [-0.4, -0.2) is 12.6 Å². The van der Waals surface area contributed by atoms with E-state index >= 15 is 0 Å². The van der Waals surface area contributed by atoms with E-state index in [1.807, 2.05) is 31.2 Å². The number of hydrogen-bond acceptors (Lipinski definition) is 5. The highest BCUT2D eigenvalue weighted by atomic mass is 16.5. The van der Waals surface area contributed by atoms with Gasteiger partial charge in [-0.25, -0.2) is 4.79 Å². The van der Waals surface area contributed by atoms with Gasteiger partial charge >= 0.3 is 5.97 Å². The van der Waals surface area contributed by atoms with Gasteiger partial charge in [0.25, 0.3) is 5.43 Å². The minimum absolute atomic E-state index is 0.276. The normalized spacial score (nSPS) is 10.6. The Balaban J connectivity index is 1.86. The van der Waals surface area contributed by atoms with Crippen molar-refractivity contribution in [2.75, 3.05) is 11.9 Å². The van der Waals surface area contributed by atoms with Gasteiger partial charge < -0.3 is 10.1 Å². The molecule has 25 heavy (non-hydrogen) atoms. The van der Waals surface area contributed by atoms with Crippen LogP contribution in [0.3, 0.4) is 0 Å². The standard InChI is InChI=1S/C20H17NO4/c1-3-25-20(24)14-8-10-15(11-9-14)21-17-16(18(22)19(17)23)13-6-4-12(2)5-7-13/h4-11,21H,3H2,1-2H3. The van der Waals surface area contributed by atoms with Gasteiger partial charge in [0.2, 0.25) is 5.43 Å². The van der Waals surface area contributed by atoms with E-state index in [4.69, 9.17) is 4.74 Å². The molecule has 0 aliphatic rings. The molecule has 0 saturated heterocycles. The van der Waals surface area contributed by atoms with Crippen LogP contribution in [0.15, 0.2) is 58.1 Å². The Morgan fingerprint density at radius 3 is 2.20 bits per heavy atom. The van der Waals surface area contributed by atoms with Crippen LogP contribution in [0.2, 0.25) is 0 Å². The van der Waals surface area contributed by atoms with Crippen LogP contribution >= 0.6 is 0 Å². The van der Waals surface area contributed by atoms with E-state index in [-0.39, 0.29) is 5.69 Å². The number of carbonyl (C=O) groups excluding carboxylic acids is 1. The molecule has 5 heteroatoms. The van der Waals surface area contributed by atoms with Crippen LogP contribution in [0, 0.1) is 6.92 Å². The first-order chi connectivity index (χ1) is 12.0. The van der Waals surface area contributed by atoms with Crippen molar-refractivity contribution < 1.29 is 9.53 Å². The third kappa shape index (κ3) is 3.21. The number of esters is 1. The molecule has 0 aliphatic carbocycles. The molecule has 0 aliphatic heterocycles. The second-order valence-corrected chi connectivity index (χ2v) is 5.70. The number of ether oxygens (including phenoxy) is 1. The molecule has 0 fully saturated rings. The third-order valence-electron chi connectivity index (χ3n) is 3.92. The molecule has 0 unspecified atom stereocenters. The van der Waals surface area contributed by atoms with Gasteiger partial charge in [-0.15, -0.1) is 0 Å². The number of benzene rings is 2. The zero-order chi connectivity index (χ0) is 18.0. The van der Waals surface area contributed by atoms with Crippen molar-refractivity contribution in [3.8, 4) is 11.1 Å². The first kappa shape index (κ1) is 16.6. The van der Waals surface area contributed by atoms with Crippen molar-refractivity contribution in [3.63, 3.8) is 0 Å². The van der Waals surface area contributed by atoms with Gasteiger partial charge in [-0.2, -0.15) is 0 Å². The molecule has 3 aromatic rings. The van der Waals surface area contributed by atoms with E-state index in [2.05, 4.69) is 5.32 Å². The molecule has 0 heterocycles. The molecule has 0 atom stereocenters. The summed E-state index contributed by atoms with van der Waals surface area (Å²) in [6, 6.07) is 14.0. The van der Waals surface area contributed by atoms with E-state index in [0.717, 1.165) is 5.56 Å². The molecule has 126 valence electrons. The van der Waals surface area contributed by atoms with E-state index in [1.54, 1.807) is 31.2 Å². The number of aryl methyl sites for hydroxylation is 1. The van der Waals surface area contributed by atoms with Crippen molar-refractivity contribution in [2.45, 2.75) is 13.8 Å². The van der Waals surface area contributed by atoms with Crippen molar-refractivity contribution in [2.24, 2.45) is 0 Å². The smallest absolute Gasteiger partial charge is 0.338 e. The highest BCUT2D eigenvalue weighted by Gasteiger charge is 2.22. The van der Waals surface area contributed by atoms with E-state index in [1.165, 1.54) is 0 Å². The van der Waals surface area contributed by atoms with Gasteiger partial charge in [0.05, 0.1) is 17.7 Å². The lowest BCUT2D eigenvalue weighted by Crippen LogP contribution is -2.35. The number of hydrogen-bond donors (Lipinski definition) is 1. The fourth-order valence-corrected chi connectivity index (χ4v) is 2.55. The molecule has 0 radical (unpaired) electrons. The van der Waals surface area contributed by atoms with Gasteiger partial charge in [0, 0.05) is 5.69 Å². The second-order valence-electron chi connectivity index (χ2n) is 5.70. The van der Waals surface area contributed by atoms with Crippen molar-refractivity contribution in [1.29, 1.82) is 0 Å². The van der Waals surface area contributed by atoms with Gasteiger partial charge in [-0.1, -0.05) is 29.8 Å². The minimum Gasteiger partial charge on any atom is -0.462 e. The molecule has 3 aromatic carbocycles. The van der Waals surface area contributed by atoms with Crippen LogP contribution in [0.5, 0.6) is 0 Å². The first-order valence-corrected chi connectivity index (χ1v) is 7.96. The van der Waals surface area contributed by atoms with Crippen LogP contribution in [-0.2, 0) is 4.74 Å². The largest absolute Gasteiger partial charge is 0.462 e. The number of rotatable bonds is 5. The van der Waals surface area contributed by atoms with Gasteiger partial charge in [0.1, 0.15) is 5.69 Å². The van der Waals surface area contributed by atoms with Crippen molar-refractivity contribution >= 4 is 17.3 Å². The SMILES string of the molecule is CCOC(=O)c1ccc(Nc2c(-c3ccc(C)cc3)c(=O)c2=O)cc1. The summed E-state index contributed by atoms with van der Waals surface area (Å²) in [6.07, 6.45) is 0. The minimum atomic E-state index is -0.537. The van der Waals surface area contributed by atoms with Gasteiger partial charge in [-0.05, 0) is 43.7 Å². The number of anilines is 2. The average Bonchev–Trinajstić information content (AvgIpc) is 2.63. The van der Waals surface area contributed by atoms with Crippen LogP contribution in [0.1, 0.15) is 22.8 Å². The molecule has 0 bridgehead atoms.